The number of Topliss-reactive ketones (excluding diaryl/α,β-unsaturated/α-hetero) is 1. The number of aliphatic hydroxyl groups excluding tert-OH is 1. The zero-order valence-corrected chi connectivity index (χ0v) is 51.1. The van der Waals surface area contributed by atoms with E-state index < -0.39 is 84.1 Å². The molecule has 6 aromatic rings. The van der Waals surface area contributed by atoms with Crippen molar-refractivity contribution in [3.63, 3.8) is 0 Å². The van der Waals surface area contributed by atoms with Crippen molar-refractivity contribution in [1.29, 1.82) is 0 Å². The fraction of sp³-hybridized carbons (Fsp3) is 0.422. The van der Waals surface area contributed by atoms with Crippen LogP contribution in [-0.2, 0) is 52.6 Å². The van der Waals surface area contributed by atoms with Crippen LogP contribution in [0.5, 0.6) is 5.75 Å². The van der Waals surface area contributed by atoms with E-state index in [1.54, 1.807) is 22.9 Å². The Kier molecular flexibility index (Phi) is 19.8. The van der Waals surface area contributed by atoms with Gasteiger partial charge in [-0.05, 0) is 122 Å². The molecule has 9 N–H and O–H groups in total. The van der Waals surface area contributed by atoms with Gasteiger partial charge >= 0.3 is 7.60 Å². The maximum Gasteiger partial charge on any atom is 0.396 e. The fourth-order valence-corrected chi connectivity index (χ4v) is 13.1. The molecule has 2 aromatic heterocycles. The number of aliphatic hydroxyl groups is 1. The Morgan fingerprint density at radius 1 is 0.885 bits per heavy atom. The Hall–Kier alpha value is -7.88. The second kappa shape index (κ2) is 27.0. The summed E-state index contributed by atoms with van der Waals surface area (Å²) in [4.78, 5) is 139. The predicted octanol–water partition coefficient (Wildman–Crippen LogP) is 7.31. The summed E-state index contributed by atoms with van der Waals surface area (Å²) in [5, 5.41) is 20.1. The molecule has 3 aliphatic rings. The molecule has 87 heavy (non-hydrogen) atoms. The van der Waals surface area contributed by atoms with E-state index in [2.05, 4.69) is 25.9 Å². The lowest BCUT2D eigenvalue weighted by Gasteiger charge is -2.35. The smallest absolute Gasteiger partial charge is 0.396 e. The number of anilines is 1. The topological polar surface area (TPSA) is 321 Å². The number of benzene rings is 4. The van der Waals surface area contributed by atoms with Crippen LogP contribution in [0.25, 0.3) is 21.3 Å². The summed E-state index contributed by atoms with van der Waals surface area (Å²) in [6.07, 6.45) is 2.87. The lowest BCUT2D eigenvalue weighted by molar-refractivity contribution is -0.144. The van der Waals surface area contributed by atoms with Crippen molar-refractivity contribution in [3.05, 3.63) is 136 Å². The minimum Gasteiger partial charge on any atom is -0.491 e. The van der Waals surface area contributed by atoms with Crippen LogP contribution < -0.4 is 31.3 Å². The van der Waals surface area contributed by atoms with E-state index in [0.717, 1.165) is 44.8 Å². The number of primary amides is 1. The highest BCUT2D eigenvalue weighted by molar-refractivity contribution is 7.70. The van der Waals surface area contributed by atoms with Gasteiger partial charge in [-0.2, -0.15) is 0 Å². The van der Waals surface area contributed by atoms with Gasteiger partial charge in [0.15, 0.2) is 5.78 Å². The Bertz CT molecular complexity index is 3650. The van der Waals surface area contributed by atoms with Crippen LogP contribution in [-0.4, -0.2) is 120 Å². The number of likely N-dealkylation sites (tertiary alicyclic amines) is 1. The molecule has 23 heteroatoms. The number of carbonyl (C=O) groups is 8. The van der Waals surface area contributed by atoms with Crippen LogP contribution in [0.2, 0.25) is 0 Å². The van der Waals surface area contributed by atoms with E-state index in [-0.39, 0.29) is 80.8 Å². The zero-order valence-electron chi connectivity index (χ0n) is 49.4. The molecule has 0 radical (unpaired) electrons. The third-order valence-corrected chi connectivity index (χ3v) is 18.3. The highest BCUT2D eigenvalue weighted by Crippen LogP contribution is 2.42. The molecule has 0 saturated carbocycles. The number of ether oxygens (including phenoxy) is 1. The van der Waals surface area contributed by atoms with E-state index >= 15 is 0 Å². The molecule has 0 aliphatic carbocycles. The summed E-state index contributed by atoms with van der Waals surface area (Å²) in [6.45, 7) is 9.31. The van der Waals surface area contributed by atoms with Crippen molar-refractivity contribution >= 4 is 82.3 Å². The number of carbonyl (C=O) groups excluding carboxylic acids is 8. The first kappa shape index (κ1) is 63.6. The van der Waals surface area contributed by atoms with Gasteiger partial charge in [-0.25, -0.2) is 4.98 Å². The zero-order chi connectivity index (χ0) is 62.5. The minimum absolute atomic E-state index is 0.0272. The molecule has 5 heterocycles. The first-order chi connectivity index (χ1) is 41.3. The summed E-state index contributed by atoms with van der Waals surface area (Å²) in [7, 11) is -5.04. The number of aryl methyl sites for hydroxylation is 3. The standard InChI is InChI=1S/C64H75N8O13PS/c1-36(39-17-20-41(21-18-39)57-37(2)66-35-87-57)67-59(77)51-32-47(73)33-71(51)62(80)58(64(3,4)5)70-55(76)16-8-6-7-11-38-12-9-15-48(27-38)85-34-46(24-26-54(65)75)68-60(78)52-30-42-14-10-13-40-19-22-43(61(79)72(52)56(40)42)31-53(74)50-29-45-28-44(23-25-49(45)69-50)63(81)86(82,83)84/h9-10,12-15,17-18,20-21,23,25,27-29,35-36,43,46-47,51-52,58,69,73H,6-8,11,16,19,22,24,26,30-34H2,1-5H3,(H2,65,75)(H,67,77)(H,68,78)(H,70,76)(H2,82,83,84)/t36-,43+,46-,47+,51-,52-,58+/m0/s1. The predicted molar refractivity (Wildman–Crippen MR) is 328 cm³/mol. The number of aromatic amines is 1. The van der Waals surface area contributed by atoms with Crippen molar-refractivity contribution in [1.82, 2.24) is 30.8 Å². The maximum atomic E-state index is 14.6. The number of thiazole rings is 1. The Labute approximate surface area is 508 Å². The van der Waals surface area contributed by atoms with Crippen molar-refractivity contribution in [3.8, 4) is 16.2 Å². The van der Waals surface area contributed by atoms with Crippen molar-refractivity contribution in [2.24, 2.45) is 17.1 Å². The molecule has 460 valence electrons. The number of para-hydroxylation sites is 1. The molecule has 0 bridgehead atoms. The lowest BCUT2D eigenvalue weighted by Crippen LogP contribution is -2.57. The summed E-state index contributed by atoms with van der Waals surface area (Å²) >= 11 is 1.56. The summed E-state index contributed by atoms with van der Waals surface area (Å²) in [5.41, 5.74) is 11.8. The molecule has 1 saturated heterocycles. The second-order valence-electron chi connectivity index (χ2n) is 24.2. The van der Waals surface area contributed by atoms with Crippen molar-refractivity contribution in [2.45, 2.75) is 148 Å². The number of amides is 6. The van der Waals surface area contributed by atoms with E-state index in [1.807, 2.05) is 95.3 Å². The van der Waals surface area contributed by atoms with Gasteiger partial charge in [0, 0.05) is 61.0 Å². The second-order valence-corrected chi connectivity index (χ2v) is 26.5. The number of H-pyrrole nitrogens is 1. The van der Waals surface area contributed by atoms with Crippen LogP contribution >= 0.6 is 18.9 Å². The summed E-state index contributed by atoms with van der Waals surface area (Å²) in [5.74, 6) is -3.25. The molecule has 6 amide bonds. The van der Waals surface area contributed by atoms with E-state index in [9.17, 15) is 57.8 Å². The maximum absolute atomic E-state index is 14.6. The van der Waals surface area contributed by atoms with Crippen LogP contribution in [0.4, 0.5) is 5.69 Å². The molecule has 7 atom stereocenters. The lowest BCUT2D eigenvalue weighted by atomic mass is 9.85. The number of aromatic nitrogens is 2. The molecule has 1 fully saturated rings. The number of nitrogens with two attached hydrogens (primary N) is 1. The third-order valence-electron chi connectivity index (χ3n) is 16.5. The highest BCUT2D eigenvalue weighted by Gasteiger charge is 2.46. The number of rotatable bonds is 25. The van der Waals surface area contributed by atoms with Gasteiger partial charge in [-0.3, -0.25) is 47.8 Å². The van der Waals surface area contributed by atoms with Gasteiger partial charge < -0.3 is 51.2 Å². The van der Waals surface area contributed by atoms with Crippen molar-refractivity contribution < 1.29 is 62.6 Å². The number of ketones is 1. The molecule has 4 aromatic carbocycles. The Balaban J connectivity index is 0.758. The highest BCUT2D eigenvalue weighted by atomic mass is 32.1. The van der Waals surface area contributed by atoms with E-state index in [1.165, 1.54) is 34.1 Å². The van der Waals surface area contributed by atoms with Gasteiger partial charge in [0.2, 0.25) is 35.4 Å². The van der Waals surface area contributed by atoms with Gasteiger partial charge in [0.25, 0.3) is 5.52 Å². The molecular weight excluding hydrogens is 1150 g/mol. The number of nitrogens with one attached hydrogen (secondary N) is 4. The van der Waals surface area contributed by atoms with Gasteiger partial charge in [-0.15, -0.1) is 11.3 Å². The normalized spacial score (nSPS) is 18.6. The summed E-state index contributed by atoms with van der Waals surface area (Å²) in [6, 6.07) is 22.6. The van der Waals surface area contributed by atoms with Gasteiger partial charge in [0.05, 0.1) is 45.7 Å². The molecule has 3 aliphatic heterocycles. The van der Waals surface area contributed by atoms with Crippen LogP contribution in [0.3, 0.4) is 0 Å². The van der Waals surface area contributed by atoms with Crippen LogP contribution in [0, 0.1) is 18.3 Å². The average Bonchev–Trinajstić information content (AvgIpc) is 1.72. The monoisotopic (exact) mass is 1230 g/mol. The quantitative estimate of drug-likeness (QED) is 0.0158. The van der Waals surface area contributed by atoms with Crippen LogP contribution in [0.15, 0.2) is 96.5 Å². The SMILES string of the molecule is Cc1ncsc1-c1ccc([C@H](C)NC(=O)[C@@H]2C[C@@H](O)CN2C(=O)[C@@H](NC(=O)CCCCCc2cccc(OC[C@H](CCC(N)=O)NC(=O)[C@@H]3Cc4cccc5c4N3C(=O)[C@@H](CC(=O)c3cc4cc(C(=O)P(=O)(O)O)ccc4[nH]3)CC5)c2)C(C)(C)C)cc1. The molecule has 0 spiro atoms. The van der Waals surface area contributed by atoms with Crippen LogP contribution in [0.1, 0.15) is 140 Å². The molecular formula is C64H75N8O13PS. The Morgan fingerprint density at radius 3 is 2.33 bits per heavy atom. The molecule has 0 unspecified atom stereocenters. The largest absolute Gasteiger partial charge is 0.491 e. The fourth-order valence-electron chi connectivity index (χ4n) is 11.8. The number of hydrogen-bond acceptors (Lipinski definition) is 13. The minimum atomic E-state index is -5.04. The van der Waals surface area contributed by atoms with Gasteiger partial charge in [0.1, 0.15) is 30.5 Å². The first-order valence-corrected chi connectivity index (χ1v) is 31.9. The number of β-amino-alcohol motifs (C(OH)–C–C–N with tert-alkyl or cyclic N) is 1. The van der Waals surface area contributed by atoms with E-state index in [0.29, 0.717) is 54.4 Å². The average molecular weight is 1230 g/mol. The number of unbranched alkanes of at least 4 members (excludes halogenated alkanes) is 2. The number of fused-ring (bicyclic) bond motifs is 1. The van der Waals surface area contributed by atoms with Gasteiger partial charge in [-0.1, -0.05) is 81.8 Å². The third kappa shape index (κ3) is 15.3. The molecule has 9 rings (SSSR count). The van der Waals surface area contributed by atoms with Crippen molar-refractivity contribution in [2.75, 3.05) is 18.1 Å². The molecule has 21 nitrogen and oxygen atoms in total. The number of nitrogens with zero attached hydrogens (tertiary/aromatic N) is 3. The Morgan fingerprint density at radius 2 is 1.62 bits per heavy atom. The number of hydrogen-bond donors (Lipinski definition) is 8. The summed E-state index contributed by atoms with van der Waals surface area (Å²) < 4.78 is 17.9. The first-order valence-electron chi connectivity index (χ1n) is 29.4. The van der Waals surface area contributed by atoms with E-state index in [4.69, 9.17) is 10.5 Å².